The van der Waals surface area contributed by atoms with Gasteiger partial charge in [0.25, 0.3) is 0 Å². The minimum absolute atomic E-state index is 0.810. The number of aryl methyl sites for hydroxylation is 3. The number of thiocarbonyl (C=S) groups is 1. The van der Waals surface area contributed by atoms with Gasteiger partial charge in [-0.3, -0.25) is 4.90 Å². The smallest absolute Gasteiger partial charge is 0.173 e. The number of ether oxygens (including phenoxy) is 1. The van der Waals surface area contributed by atoms with E-state index in [1.807, 2.05) is 0 Å². The van der Waals surface area contributed by atoms with E-state index in [0.717, 1.165) is 69.7 Å². The molecule has 0 unspecified atom stereocenters. The highest BCUT2D eigenvalue weighted by Crippen LogP contribution is 2.29. The number of hydrogen-bond acceptors (Lipinski definition) is 4. The fourth-order valence-corrected chi connectivity index (χ4v) is 5.53. The van der Waals surface area contributed by atoms with Crippen molar-refractivity contribution in [3.63, 3.8) is 0 Å². The maximum absolute atomic E-state index is 5.97. The molecule has 0 radical (unpaired) electrons. The van der Waals surface area contributed by atoms with Crippen LogP contribution in [-0.4, -0.2) is 67.4 Å². The number of morpholine rings is 1. The van der Waals surface area contributed by atoms with Gasteiger partial charge in [0.1, 0.15) is 0 Å². The molecular weight excluding hydrogens is 452 g/mol. The van der Waals surface area contributed by atoms with Crippen molar-refractivity contribution >= 4 is 28.7 Å². The first kappa shape index (κ1) is 25.9. The van der Waals surface area contributed by atoms with Crippen LogP contribution in [0.4, 0.5) is 11.4 Å². The average molecular weight is 495 g/mol. The summed E-state index contributed by atoms with van der Waals surface area (Å²) in [5, 5.41) is 4.36. The standard InChI is InChI=1S/C29H42N4OS/c1-4-12-32-14-5-7-26-21-25(9-11-28(26)32)22-33(15-6-13-31-16-18-34-19-17-31)29(35)30-27-10-8-23(2)20-24(27)3/h8-11,20-21H,4-7,12-19,22H2,1-3H3,(H,30,35). The zero-order valence-electron chi connectivity index (χ0n) is 21.8. The zero-order valence-corrected chi connectivity index (χ0v) is 22.6. The molecule has 6 heteroatoms. The molecule has 1 fully saturated rings. The molecule has 2 aromatic rings. The first-order valence-electron chi connectivity index (χ1n) is 13.3. The van der Waals surface area contributed by atoms with Crippen LogP contribution in [0.1, 0.15) is 48.4 Å². The molecular formula is C29H42N4OS. The van der Waals surface area contributed by atoms with Crippen molar-refractivity contribution in [3.05, 3.63) is 58.7 Å². The number of fused-ring (bicyclic) bond motifs is 1. The van der Waals surface area contributed by atoms with Crippen LogP contribution in [0.25, 0.3) is 0 Å². The van der Waals surface area contributed by atoms with Crippen LogP contribution >= 0.6 is 12.2 Å². The number of anilines is 2. The van der Waals surface area contributed by atoms with Gasteiger partial charge in [-0.1, -0.05) is 36.8 Å². The Morgan fingerprint density at radius 2 is 1.89 bits per heavy atom. The van der Waals surface area contributed by atoms with E-state index in [-0.39, 0.29) is 0 Å². The first-order chi connectivity index (χ1) is 17.0. The predicted molar refractivity (Wildman–Crippen MR) is 152 cm³/mol. The van der Waals surface area contributed by atoms with Crippen LogP contribution in [0.15, 0.2) is 36.4 Å². The van der Waals surface area contributed by atoms with Crippen LogP contribution in [0, 0.1) is 13.8 Å². The van der Waals surface area contributed by atoms with Crippen molar-refractivity contribution < 1.29 is 4.74 Å². The average Bonchev–Trinajstić information content (AvgIpc) is 2.86. The molecule has 35 heavy (non-hydrogen) atoms. The molecule has 2 aliphatic rings. The summed E-state index contributed by atoms with van der Waals surface area (Å²) in [7, 11) is 0. The molecule has 0 bridgehead atoms. The topological polar surface area (TPSA) is 31.0 Å². The third-order valence-corrected chi connectivity index (χ3v) is 7.50. The highest BCUT2D eigenvalue weighted by molar-refractivity contribution is 7.80. The van der Waals surface area contributed by atoms with Gasteiger partial charge in [-0.25, -0.2) is 0 Å². The molecule has 0 aromatic heterocycles. The molecule has 0 aliphatic carbocycles. The van der Waals surface area contributed by atoms with Crippen LogP contribution in [0.2, 0.25) is 0 Å². The molecule has 0 spiro atoms. The molecule has 4 rings (SSSR count). The van der Waals surface area contributed by atoms with Gasteiger partial charge >= 0.3 is 0 Å². The van der Waals surface area contributed by atoms with Crippen molar-refractivity contribution in [2.45, 2.75) is 53.0 Å². The van der Waals surface area contributed by atoms with Crippen molar-refractivity contribution in [1.82, 2.24) is 9.80 Å². The Bertz CT molecular complexity index is 989. The van der Waals surface area contributed by atoms with Gasteiger partial charge in [0.2, 0.25) is 0 Å². The summed E-state index contributed by atoms with van der Waals surface area (Å²) < 4.78 is 5.51. The Morgan fingerprint density at radius 3 is 2.66 bits per heavy atom. The summed E-state index contributed by atoms with van der Waals surface area (Å²) in [5.41, 5.74) is 7.86. The minimum Gasteiger partial charge on any atom is -0.379 e. The van der Waals surface area contributed by atoms with Crippen molar-refractivity contribution in [2.24, 2.45) is 0 Å². The molecule has 2 heterocycles. The third-order valence-electron chi connectivity index (χ3n) is 7.14. The fraction of sp³-hybridized carbons (Fsp3) is 0.552. The number of hydrogen-bond donors (Lipinski definition) is 1. The lowest BCUT2D eigenvalue weighted by Gasteiger charge is -2.32. The summed E-state index contributed by atoms with van der Waals surface area (Å²) in [6.07, 6.45) is 4.69. The molecule has 0 atom stereocenters. The van der Waals surface area contributed by atoms with Gasteiger partial charge in [0.05, 0.1) is 13.2 Å². The van der Waals surface area contributed by atoms with Crippen LogP contribution in [-0.2, 0) is 17.7 Å². The summed E-state index contributed by atoms with van der Waals surface area (Å²) in [6, 6.07) is 13.6. The van der Waals surface area contributed by atoms with Crippen molar-refractivity contribution in [3.8, 4) is 0 Å². The Labute approximate surface area is 217 Å². The minimum atomic E-state index is 0.810. The third kappa shape index (κ3) is 7.18. The van der Waals surface area contributed by atoms with Gasteiger partial charge in [-0.2, -0.15) is 0 Å². The number of nitrogens with one attached hydrogen (secondary N) is 1. The summed E-state index contributed by atoms with van der Waals surface area (Å²) in [6.45, 7) is 15.5. The molecule has 1 saturated heterocycles. The molecule has 190 valence electrons. The largest absolute Gasteiger partial charge is 0.379 e. The molecule has 1 N–H and O–H groups in total. The Balaban J connectivity index is 1.46. The van der Waals surface area contributed by atoms with Crippen LogP contribution < -0.4 is 10.2 Å². The number of nitrogens with zero attached hydrogens (tertiary/aromatic N) is 3. The molecule has 0 saturated carbocycles. The lowest BCUT2D eigenvalue weighted by molar-refractivity contribution is 0.0368. The van der Waals surface area contributed by atoms with E-state index in [4.69, 9.17) is 17.0 Å². The number of benzene rings is 2. The van der Waals surface area contributed by atoms with Gasteiger partial charge in [-0.05, 0) is 80.6 Å². The summed E-state index contributed by atoms with van der Waals surface area (Å²) in [5.74, 6) is 0. The molecule has 5 nitrogen and oxygen atoms in total. The van der Waals surface area contributed by atoms with E-state index < -0.39 is 0 Å². The maximum atomic E-state index is 5.97. The quantitative estimate of drug-likeness (QED) is 0.471. The second-order valence-electron chi connectivity index (χ2n) is 10.0. The Morgan fingerprint density at radius 1 is 1.06 bits per heavy atom. The van der Waals surface area contributed by atoms with Crippen LogP contribution in [0.5, 0.6) is 0 Å². The van der Waals surface area contributed by atoms with E-state index in [1.165, 1.54) is 53.7 Å². The Kier molecular flexibility index (Phi) is 9.41. The molecule has 0 amide bonds. The van der Waals surface area contributed by atoms with Gasteiger partial charge in [-0.15, -0.1) is 0 Å². The van der Waals surface area contributed by atoms with E-state index in [9.17, 15) is 0 Å². The first-order valence-corrected chi connectivity index (χ1v) is 13.7. The van der Waals surface area contributed by atoms with Crippen molar-refractivity contribution in [2.75, 3.05) is 62.7 Å². The fourth-order valence-electron chi connectivity index (χ4n) is 5.26. The lowest BCUT2D eigenvalue weighted by Crippen LogP contribution is -2.40. The highest BCUT2D eigenvalue weighted by atomic mass is 32.1. The summed E-state index contributed by atoms with van der Waals surface area (Å²) >= 11 is 5.97. The van der Waals surface area contributed by atoms with Gasteiger partial charge < -0.3 is 19.9 Å². The van der Waals surface area contributed by atoms with E-state index >= 15 is 0 Å². The Hall–Kier alpha value is -2.15. The second-order valence-corrected chi connectivity index (χ2v) is 10.4. The summed E-state index contributed by atoms with van der Waals surface area (Å²) in [4.78, 5) is 7.40. The second kappa shape index (κ2) is 12.7. The van der Waals surface area contributed by atoms with E-state index in [1.54, 1.807) is 0 Å². The SMILES string of the molecule is CCCN1CCCc2cc(CN(CCCN3CCOCC3)C(=S)Nc3ccc(C)cc3C)ccc21. The van der Waals surface area contributed by atoms with E-state index in [2.05, 4.69) is 77.2 Å². The van der Waals surface area contributed by atoms with Gasteiger partial charge in [0, 0.05) is 57.2 Å². The van der Waals surface area contributed by atoms with Crippen LogP contribution in [0.3, 0.4) is 0 Å². The van der Waals surface area contributed by atoms with E-state index in [0.29, 0.717) is 0 Å². The molecule has 2 aromatic carbocycles. The predicted octanol–water partition coefficient (Wildman–Crippen LogP) is 5.39. The maximum Gasteiger partial charge on any atom is 0.173 e. The van der Waals surface area contributed by atoms with Gasteiger partial charge in [0.15, 0.2) is 5.11 Å². The highest BCUT2D eigenvalue weighted by Gasteiger charge is 2.19. The molecule has 2 aliphatic heterocycles. The zero-order chi connectivity index (χ0) is 24.6. The number of rotatable bonds is 9. The van der Waals surface area contributed by atoms with Crippen molar-refractivity contribution in [1.29, 1.82) is 0 Å². The monoisotopic (exact) mass is 494 g/mol. The lowest BCUT2D eigenvalue weighted by atomic mass is 9.98. The normalized spacial score (nSPS) is 16.1.